The van der Waals surface area contributed by atoms with Gasteiger partial charge in [-0.25, -0.2) is 0 Å². The average Bonchev–Trinajstić information content (AvgIpc) is 2.73. The van der Waals surface area contributed by atoms with Crippen LogP contribution in [0.2, 0.25) is 0 Å². The summed E-state index contributed by atoms with van der Waals surface area (Å²) in [5, 5.41) is 14.1. The van der Waals surface area contributed by atoms with E-state index in [9.17, 15) is 14.9 Å². The van der Waals surface area contributed by atoms with Crippen LogP contribution < -0.4 is 14.8 Å². The Balaban J connectivity index is 1.96. The van der Waals surface area contributed by atoms with Gasteiger partial charge >= 0.3 is 5.69 Å². The zero-order valence-electron chi connectivity index (χ0n) is 16.0. The van der Waals surface area contributed by atoms with Crippen molar-refractivity contribution in [1.82, 2.24) is 0 Å². The number of nitro benzene ring substituents is 1. The van der Waals surface area contributed by atoms with Crippen molar-refractivity contribution in [2.24, 2.45) is 0 Å². The smallest absolute Gasteiger partial charge is 0.310 e. The fourth-order valence-electron chi connectivity index (χ4n) is 2.85. The molecule has 0 radical (unpaired) electrons. The Kier molecular flexibility index (Phi) is 6.09. The number of nitrogens with one attached hydrogen (secondary N) is 1. The zero-order chi connectivity index (χ0) is 20.8. The van der Waals surface area contributed by atoms with Crippen LogP contribution in [0.3, 0.4) is 0 Å². The summed E-state index contributed by atoms with van der Waals surface area (Å²) in [4.78, 5) is 23.9. The highest BCUT2D eigenvalue weighted by Gasteiger charge is 2.27. The largest absolute Gasteiger partial charge is 0.495 e. The molecule has 0 fully saturated rings. The van der Waals surface area contributed by atoms with Crippen LogP contribution in [0.25, 0.3) is 0 Å². The van der Waals surface area contributed by atoms with Gasteiger partial charge in [0.1, 0.15) is 5.75 Å². The highest BCUT2D eigenvalue weighted by Crippen LogP contribution is 2.32. The summed E-state index contributed by atoms with van der Waals surface area (Å²) >= 11 is 0. The molecular formula is C22H20N2O5. The van der Waals surface area contributed by atoms with Crippen LogP contribution in [0.4, 0.5) is 11.4 Å². The van der Waals surface area contributed by atoms with E-state index in [2.05, 4.69) is 5.32 Å². The van der Waals surface area contributed by atoms with E-state index in [1.807, 2.05) is 19.1 Å². The summed E-state index contributed by atoms with van der Waals surface area (Å²) in [7, 11) is 1.51. The van der Waals surface area contributed by atoms with Gasteiger partial charge < -0.3 is 14.8 Å². The van der Waals surface area contributed by atoms with E-state index in [1.54, 1.807) is 48.5 Å². The lowest BCUT2D eigenvalue weighted by Crippen LogP contribution is -2.26. The summed E-state index contributed by atoms with van der Waals surface area (Å²) in [6, 6.07) is 20.2. The van der Waals surface area contributed by atoms with E-state index < -0.39 is 16.9 Å². The van der Waals surface area contributed by atoms with Crippen LogP contribution >= 0.6 is 0 Å². The first-order valence-electron chi connectivity index (χ1n) is 8.90. The Hall–Kier alpha value is -3.87. The van der Waals surface area contributed by atoms with Gasteiger partial charge in [0.05, 0.1) is 17.7 Å². The summed E-state index contributed by atoms with van der Waals surface area (Å²) in [5.41, 5.74) is 1.78. The summed E-state index contributed by atoms with van der Waals surface area (Å²) < 4.78 is 11.1. The van der Waals surface area contributed by atoms with Crippen LogP contribution in [0.1, 0.15) is 17.2 Å². The number of carbonyl (C=O) groups is 1. The first-order valence-corrected chi connectivity index (χ1v) is 8.90. The molecule has 0 aliphatic carbocycles. The lowest BCUT2D eigenvalue weighted by atomic mass is 10.1. The monoisotopic (exact) mass is 392 g/mol. The van der Waals surface area contributed by atoms with Gasteiger partial charge in [-0.2, -0.15) is 0 Å². The van der Waals surface area contributed by atoms with E-state index in [4.69, 9.17) is 9.47 Å². The predicted octanol–water partition coefficient (Wildman–Crippen LogP) is 4.67. The molecule has 0 spiro atoms. The van der Waals surface area contributed by atoms with Crippen LogP contribution in [0.5, 0.6) is 11.5 Å². The molecule has 0 aromatic heterocycles. The molecule has 3 aromatic carbocycles. The summed E-state index contributed by atoms with van der Waals surface area (Å²) in [5.74, 6) is 0.0393. The Bertz CT molecular complexity index is 1020. The minimum absolute atomic E-state index is 0.0118. The number of anilines is 1. The number of benzene rings is 3. The second-order valence-electron chi connectivity index (χ2n) is 6.33. The number of rotatable bonds is 7. The second-order valence-corrected chi connectivity index (χ2v) is 6.33. The standard InChI is InChI=1S/C22H20N2O5/c1-15-12-13-19(28-2)17(14-15)23-22(25)21(16-8-4-3-5-9-16)29-20-11-7-6-10-18(20)24(26)27/h3-14,21H,1-2H3,(H,23,25)/t21-/m1/s1. The van der Waals surface area contributed by atoms with Gasteiger partial charge in [0.15, 0.2) is 5.75 Å². The van der Waals surface area contributed by atoms with Crippen molar-refractivity contribution in [3.63, 3.8) is 0 Å². The third-order valence-electron chi connectivity index (χ3n) is 4.26. The van der Waals surface area contributed by atoms with E-state index in [1.165, 1.54) is 19.2 Å². The normalized spacial score (nSPS) is 11.4. The molecule has 0 saturated carbocycles. The van der Waals surface area contributed by atoms with Crippen molar-refractivity contribution in [3.05, 3.63) is 94.0 Å². The molecule has 0 aliphatic heterocycles. The van der Waals surface area contributed by atoms with Crippen molar-refractivity contribution in [1.29, 1.82) is 0 Å². The van der Waals surface area contributed by atoms with Crippen LogP contribution in [0.15, 0.2) is 72.8 Å². The van der Waals surface area contributed by atoms with Crippen LogP contribution in [-0.4, -0.2) is 17.9 Å². The Labute approximate surface area is 168 Å². The maximum atomic E-state index is 13.1. The molecule has 0 unspecified atom stereocenters. The molecule has 29 heavy (non-hydrogen) atoms. The molecule has 7 heteroatoms. The van der Waals surface area contributed by atoms with Gasteiger partial charge in [0, 0.05) is 11.6 Å². The predicted molar refractivity (Wildman–Crippen MR) is 109 cm³/mol. The molecule has 0 bridgehead atoms. The Morgan fingerprint density at radius 1 is 1.00 bits per heavy atom. The molecule has 3 rings (SSSR count). The Morgan fingerprint density at radius 2 is 1.69 bits per heavy atom. The molecule has 0 heterocycles. The maximum absolute atomic E-state index is 13.1. The van der Waals surface area contributed by atoms with Crippen molar-refractivity contribution < 1.29 is 19.2 Å². The van der Waals surface area contributed by atoms with Crippen LogP contribution in [-0.2, 0) is 4.79 Å². The van der Waals surface area contributed by atoms with Crippen molar-refractivity contribution in [2.75, 3.05) is 12.4 Å². The quantitative estimate of drug-likeness (QED) is 0.466. The third kappa shape index (κ3) is 4.70. The van der Waals surface area contributed by atoms with E-state index in [0.717, 1.165) is 5.56 Å². The van der Waals surface area contributed by atoms with Crippen molar-refractivity contribution >= 4 is 17.3 Å². The highest BCUT2D eigenvalue weighted by molar-refractivity contribution is 5.96. The van der Waals surface area contributed by atoms with Crippen LogP contribution in [0, 0.1) is 17.0 Å². The van der Waals surface area contributed by atoms with E-state index in [-0.39, 0.29) is 11.4 Å². The van der Waals surface area contributed by atoms with Crippen molar-refractivity contribution in [3.8, 4) is 11.5 Å². The number of carbonyl (C=O) groups excluding carboxylic acids is 1. The summed E-state index contributed by atoms with van der Waals surface area (Å²) in [6.07, 6.45) is -1.09. The number of hydrogen-bond acceptors (Lipinski definition) is 5. The molecular weight excluding hydrogens is 372 g/mol. The van der Waals surface area contributed by atoms with Gasteiger partial charge in [0.2, 0.25) is 6.10 Å². The van der Waals surface area contributed by atoms with Crippen molar-refractivity contribution in [2.45, 2.75) is 13.0 Å². The summed E-state index contributed by atoms with van der Waals surface area (Å²) in [6.45, 7) is 1.90. The Morgan fingerprint density at radius 3 is 2.38 bits per heavy atom. The number of nitrogens with zero attached hydrogens (tertiary/aromatic N) is 1. The number of hydrogen-bond donors (Lipinski definition) is 1. The SMILES string of the molecule is COc1ccc(C)cc1NC(=O)[C@H](Oc1ccccc1[N+](=O)[O-])c1ccccc1. The van der Waals surface area contributed by atoms with E-state index in [0.29, 0.717) is 17.0 Å². The lowest BCUT2D eigenvalue weighted by molar-refractivity contribution is -0.386. The fraction of sp³-hybridized carbons (Fsp3) is 0.136. The number of para-hydroxylation sites is 2. The number of nitro groups is 1. The number of methoxy groups -OCH3 is 1. The molecule has 0 aliphatic rings. The topological polar surface area (TPSA) is 90.7 Å². The first kappa shape index (κ1) is 19.9. The molecule has 0 saturated heterocycles. The molecule has 3 aromatic rings. The van der Waals surface area contributed by atoms with Gasteiger partial charge in [0.25, 0.3) is 5.91 Å². The van der Waals surface area contributed by atoms with E-state index >= 15 is 0 Å². The maximum Gasteiger partial charge on any atom is 0.310 e. The molecule has 1 N–H and O–H groups in total. The molecule has 148 valence electrons. The minimum Gasteiger partial charge on any atom is -0.495 e. The first-order chi connectivity index (χ1) is 14.0. The highest BCUT2D eigenvalue weighted by atomic mass is 16.6. The van der Waals surface area contributed by atoms with Gasteiger partial charge in [-0.3, -0.25) is 14.9 Å². The molecule has 1 amide bonds. The molecule has 7 nitrogen and oxygen atoms in total. The zero-order valence-corrected chi connectivity index (χ0v) is 16.0. The number of aryl methyl sites for hydroxylation is 1. The fourth-order valence-corrected chi connectivity index (χ4v) is 2.85. The number of amides is 1. The van der Waals surface area contributed by atoms with Gasteiger partial charge in [-0.15, -0.1) is 0 Å². The second kappa shape index (κ2) is 8.88. The van der Waals surface area contributed by atoms with Gasteiger partial charge in [-0.05, 0) is 30.7 Å². The number of ether oxygens (including phenoxy) is 2. The van der Waals surface area contributed by atoms with Gasteiger partial charge in [-0.1, -0.05) is 48.5 Å². The lowest BCUT2D eigenvalue weighted by Gasteiger charge is -2.20. The third-order valence-corrected chi connectivity index (χ3v) is 4.26. The molecule has 1 atom stereocenters. The minimum atomic E-state index is -1.09. The average molecular weight is 392 g/mol.